The van der Waals surface area contributed by atoms with E-state index in [4.69, 9.17) is 0 Å². The molecule has 0 aliphatic heterocycles. The maximum atomic E-state index is 2.40. The highest BCUT2D eigenvalue weighted by atomic mass is 15.1. The van der Waals surface area contributed by atoms with Gasteiger partial charge in [0.15, 0.2) is 0 Å². The van der Waals surface area contributed by atoms with Crippen LogP contribution in [0.1, 0.15) is 33.4 Å². The third-order valence-corrected chi connectivity index (χ3v) is 6.73. The number of hydrogen-bond donors (Lipinski definition) is 0. The molecule has 0 bridgehead atoms. The molecule has 5 aromatic rings. The highest BCUT2D eigenvalue weighted by molar-refractivity contribution is 5.60. The largest absolute Gasteiger partial charge is 0.298 e. The van der Waals surface area contributed by atoms with E-state index in [1.54, 1.807) is 0 Å². The molecule has 0 radical (unpaired) electrons. The van der Waals surface area contributed by atoms with Crippen LogP contribution in [0.3, 0.4) is 0 Å². The van der Waals surface area contributed by atoms with E-state index in [2.05, 4.69) is 158 Å². The Kier molecular flexibility index (Phi) is 6.88. The van der Waals surface area contributed by atoms with Gasteiger partial charge in [-0.25, -0.2) is 0 Å². The van der Waals surface area contributed by atoms with Crippen molar-refractivity contribution in [1.82, 2.24) is 4.90 Å². The molecule has 5 rings (SSSR count). The molecule has 0 aliphatic carbocycles. The van der Waals surface area contributed by atoms with Gasteiger partial charge in [0, 0.05) is 13.1 Å². The van der Waals surface area contributed by atoms with E-state index in [1.807, 2.05) is 0 Å². The molecule has 0 saturated carbocycles. The van der Waals surface area contributed by atoms with Crippen molar-refractivity contribution in [2.75, 3.05) is 7.05 Å². The average Bonchev–Trinajstić information content (AvgIpc) is 2.92. The van der Waals surface area contributed by atoms with E-state index in [-0.39, 0.29) is 0 Å². The minimum Gasteiger partial charge on any atom is -0.298 e. The van der Waals surface area contributed by atoms with E-state index in [0.29, 0.717) is 0 Å². The van der Waals surface area contributed by atoms with Crippen LogP contribution in [0.5, 0.6) is 0 Å². The zero-order valence-electron chi connectivity index (χ0n) is 20.2. The van der Waals surface area contributed by atoms with Crippen LogP contribution in [0, 0.1) is 0 Å². The lowest BCUT2D eigenvalue weighted by molar-refractivity contribution is 0.319. The molecule has 0 unspecified atom stereocenters. The molecule has 0 saturated heterocycles. The molecule has 0 aliphatic rings. The SMILES string of the molecule is CN(Cc1ccccc1)Cc1cccc(C(c2ccccc2)(c2ccccc2)c2ccccc2)c1. The van der Waals surface area contributed by atoms with Gasteiger partial charge < -0.3 is 0 Å². The molecule has 172 valence electrons. The van der Waals surface area contributed by atoms with Crippen LogP contribution in [-0.2, 0) is 18.5 Å². The molecule has 0 fully saturated rings. The quantitative estimate of drug-likeness (QED) is 0.218. The summed E-state index contributed by atoms with van der Waals surface area (Å²) >= 11 is 0. The van der Waals surface area contributed by atoms with Crippen LogP contribution < -0.4 is 0 Å². The predicted molar refractivity (Wildman–Crippen MR) is 146 cm³/mol. The van der Waals surface area contributed by atoms with Crippen molar-refractivity contribution in [3.05, 3.63) is 179 Å². The Morgan fingerprint density at radius 3 is 1.29 bits per heavy atom. The molecule has 0 amide bonds. The second-order valence-electron chi connectivity index (χ2n) is 9.21. The molecule has 0 aromatic heterocycles. The third kappa shape index (κ3) is 4.82. The Balaban J connectivity index is 1.63. The second-order valence-corrected chi connectivity index (χ2v) is 9.21. The van der Waals surface area contributed by atoms with Crippen molar-refractivity contribution in [3.63, 3.8) is 0 Å². The van der Waals surface area contributed by atoms with Crippen LogP contribution >= 0.6 is 0 Å². The lowest BCUT2D eigenvalue weighted by Gasteiger charge is -2.37. The first-order valence-electron chi connectivity index (χ1n) is 12.3. The van der Waals surface area contributed by atoms with E-state index >= 15 is 0 Å². The van der Waals surface area contributed by atoms with Crippen LogP contribution in [0.4, 0.5) is 0 Å². The van der Waals surface area contributed by atoms with Gasteiger partial charge in [0.1, 0.15) is 0 Å². The number of hydrogen-bond acceptors (Lipinski definition) is 1. The fourth-order valence-corrected chi connectivity index (χ4v) is 5.23. The normalized spacial score (nSPS) is 11.5. The maximum Gasteiger partial charge on any atom is 0.0701 e. The van der Waals surface area contributed by atoms with Crippen molar-refractivity contribution >= 4 is 0 Å². The summed E-state index contributed by atoms with van der Waals surface area (Å²) < 4.78 is 0. The van der Waals surface area contributed by atoms with Crippen molar-refractivity contribution in [3.8, 4) is 0 Å². The zero-order valence-corrected chi connectivity index (χ0v) is 20.2. The first-order valence-corrected chi connectivity index (χ1v) is 12.3. The predicted octanol–water partition coefficient (Wildman–Crippen LogP) is 7.70. The van der Waals surface area contributed by atoms with Crippen LogP contribution in [-0.4, -0.2) is 11.9 Å². The Bertz CT molecular complexity index is 1230. The molecular formula is C34H31N. The highest BCUT2D eigenvalue weighted by Gasteiger charge is 2.38. The Hall–Kier alpha value is -3.94. The molecule has 5 aromatic carbocycles. The molecule has 35 heavy (non-hydrogen) atoms. The lowest BCUT2D eigenvalue weighted by atomic mass is 9.65. The Morgan fingerprint density at radius 1 is 0.429 bits per heavy atom. The fourth-order valence-electron chi connectivity index (χ4n) is 5.23. The molecule has 0 heterocycles. The topological polar surface area (TPSA) is 3.24 Å². The standard InChI is InChI=1S/C34H31N/c1-35(26-28-15-6-2-7-16-28)27-29-17-14-24-33(25-29)34(30-18-8-3-9-19-30,31-20-10-4-11-21-31)32-22-12-5-13-23-32/h2-25H,26-27H2,1H3. The molecule has 0 N–H and O–H groups in total. The highest BCUT2D eigenvalue weighted by Crippen LogP contribution is 2.45. The maximum absolute atomic E-state index is 2.40. The van der Waals surface area contributed by atoms with E-state index in [1.165, 1.54) is 33.4 Å². The molecule has 1 nitrogen and oxygen atoms in total. The minimum absolute atomic E-state index is 0.405. The summed E-state index contributed by atoms with van der Waals surface area (Å²) in [7, 11) is 2.19. The van der Waals surface area contributed by atoms with E-state index in [0.717, 1.165) is 13.1 Å². The Labute approximate surface area is 209 Å². The van der Waals surface area contributed by atoms with E-state index < -0.39 is 5.41 Å². The third-order valence-electron chi connectivity index (χ3n) is 6.73. The van der Waals surface area contributed by atoms with Crippen LogP contribution in [0.25, 0.3) is 0 Å². The van der Waals surface area contributed by atoms with Crippen molar-refractivity contribution < 1.29 is 0 Å². The Morgan fingerprint density at radius 2 is 0.800 bits per heavy atom. The van der Waals surface area contributed by atoms with Crippen molar-refractivity contribution in [2.45, 2.75) is 18.5 Å². The second kappa shape index (κ2) is 10.5. The van der Waals surface area contributed by atoms with Gasteiger partial charge in [-0.3, -0.25) is 4.90 Å². The summed E-state index contributed by atoms with van der Waals surface area (Å²) in [6.07, 6.45) is 0. The van der Waals surface area contributed by atoms with Gasteiger partial charge in [-0.2, -0.15) is 0 Å². The number of benzene rings is 5. The zero-order chi connectivity index (χ0) is 23.9. The summed E-state index contributed by atoms with van der Waals surface area (Å²) in [6, 6.07) is 52.5. The summed E-state index contributed by atoms with van der Waals surface area (Å²) in [5.41, 5.74) is 7.34. The van der Waals surface area contributed by atoms with Gasteiger partial charge in [0.2, 0.25) is 0 Å². The summed E-state index contributed by atoms with van der Waals surface area (Å²) in [5.74, 6) is 0. The van der Waals surface area contributed by atoms with E-state index in [9.17, 15) is 0 Å². The van der Waals surface area contributed by atoms with Gasteiger partial charge in [0.25, 0.3) is 0 Å². The summed E-state index contributed by atoms with van der Waals surface area (Å²) in [5, 5.41) is 0. The van der Waals surface area contributed by atoms with Crippen molar-refractivity contribution in [2.24, 2.45) is 0 Å². The molecule has 1 heteroatoms. The molecule has 0 spiro atoms. The van der Waals surface area contributed by atoms with Crippen molar-refractivity contribution in [1.29, 1.82) is 0 Å². The van der Waals surface area contributed by atoms with Gasteiger partial charge in [-0.1, -0.05) is 146 Å². The average molecular weight is 454 g/mol. The van der Waals surface area contributed by atoms with Crippen LogP contribution in [0.2, 0.25) is 0 Å². The first kappa shape index (κ1) is 22.8. The number of nitrogens with zero attached hydrogens (tertiary/aromatic N) is 1. The van der Waals surface area contributed by atoms with Crippen LogP contribution in [0.15, 0.2) is 146 Å². The molecular weight excluding hydrogens is 422 g/mol. The van der Waals surface area contributed by atoms with Gasteiger partial charge >= 0.3 is 0 Å². The fraction of sp³-hybridized carbons (Fsp3) is 0.118. The van der Waals surface area contributed by atoms with Gasteiger partial charge in [-0.15, -0.1) is 0 Å². The van der Waals surface area contributed by atoms with Gasteiger partial charge in [0.05, 0.1) is 5.41 Å². The number of rotatable bonds is 8. The monoisotopic (exact) mass is 453 g/mol. The summed E-state index contributed by atoms with van der Waals surface area (Å²) in [6.45, 7) is 1.81. The minimum atomic E-state index is -0.405. The van der Waals surface area contributed by atoms with Gasteiger partial charge in [-0.05, 0) is 40.4 Å². The molecule has 0 atom stereocenters. The lowest BCUT2D eigenvalue weighted by Crippen LogP contribution is -2.31. The first-order chi connectivity index (χ1) is 17.3. The summed E-state index contributed by atoms with van der Waals surface area (Å²) in [4.78, 5) is 2.38. The smallest absolute Gasteiger partial charge is 0.0701 e.